The van der Waals surface area contributed by atoms with Gasteiger partial charge in [-0.15, -0.1) is 0 Å². The highest BCUT2D eigenvalue weighted by Crippen LogP contribution is 2.31. The molecule has 2 heterocycles. The first-order valence-electron chi connectivity index (χ1n) is 11.9. The van der Waals surface area contributed by atoms with Crippen molar-refractivity contribution < 1.29 is 4.79 Å². The van der Waals surface area contributed by atoms with E-state index in [1.54, 1.807) is 0 Å². The number of pyridine rings is 1. The fourth-order valence-corrected chi connectivity index (χ4v) is 5.37. The zero-order chi connectivity index (χ0) is 22.6. The molecule has 0 bridgehead atoms. The van der Waals surface area contributed by atoms with Crippen LogP contribution in [0.25, 0.3) is 17.0 Å². The number of hydrogen-bond donors (Lipinski definition) is 2. The van der Waals surface area contributed by atoms with Crippen molar-refractivity contribution in [1.29, 1.82) is 0 Å². The SMILES string of the molecule is Cc1c(NC(=O)c2ccc(/C=C/C3CC3)cc2)ccc2cc(CNC3CCSCC3)cnc12. The lowest BCUT2D eigenvalue weighted by atomic mass is 10.1. The second-order valence-corrected chi connectivity index (χ2v) is 10.4. The van der Waals surface area contributed by atoms with Gasteiger partial charge in [0, 0.05) is 35.4 Å². The lowest BCUT2D eigenvalue weighted by molar-refractivity contribution is 0.102. The Kier molecular flexibility index (Phi) is 6.79. The minimum absolute atomic E-state index is 0.0957. The van der Waals surface area contributed by atoms with Gasteiger partial charge in [-0.25, -0.2) is 0 Å². The maximum absolute atomic E-state index is 12.8. The molecule has 5 rings (SSSR count). The van der Waals surface area contributed by atoms with E-state index in [4.69, 9.17) is 4.98 Å². The Hall–Kier alpha value is -2.63. The van der Waals surface area contributed by atoms with Gasteiger partial charge in [-0.2, -0.15) is 11.8 Å². The Balaban J connectivity index is 1.25. The number of amides is 1. The second kappa shape index (κ2) is 10.1. The number of anilines is 1. The van der Waals surface area contributed by atoms with E-state index < -0.39 is 0 Å². The molecule has 1 saturated carbocycles. The molecule has 5 heteroatoms. The quantitative estimate of drug-likeness (QED) is 0.443. The van der Waals surface area contributed by atoms with E-state index >= 15 is 0 Å². The van der Waals surface area contributed by atoms with Crippen LogP contribution in [0, 0.1) is 12.8 Å². The average Bonchev–Trinajstić information content (AvgIpc) is 3.69. The summed E-state index contributed by atoms with van der Waals surface area (Å²) >= 11 is 2.05. The first kappa shape index (κ1) is 22.2. The van der Waals surface area contributed by atoms with Crippen molar-refractivity contribution >= 4 is 40.3 Å². The summed E-state index contributed by atoms with van der Waals surface area (Å²) in [7, 11) is 0. The van der Waals surface area contributed by atoms with Gasteiger partial charge in [0.2, 0.25) is 0 Å². The van der Waals surface area contributed by atoms with Gasteiger partial charge in [0.15, 0.2) is 0 Å². The molecule has 0 atom stereocenters. The molecule has 1 amide bonds. The van der Waals surface area contributed by atoms with Crippen LogP contribution in [0.4, 0.5) is 5.69 Å². The monoisotopic (exact) mass is 457 g/mol. The number of nitrogens with zero attached hydrogens (tertiary/aromatic N) is 1. The number of thioether (sulfide) groups is 1. The highest BCUT2D eigenvalue weighted by atomic mass is 32.2. The van der Waals surface area contributed by atoms with Crippen molar-refractivity contribution in [3.05, 3.63) is 77.0 Å². The molecular weight excluding hydrogens is 426 g/mol. The smallest absolute Gasteiger partial charge is 0.255 e. The summed E-state index contributed by atoms with van der Waals surface area (Å²) in [6, 6.07) is 14.6. The van der Waals surface area contributed by atoms with Gasteiger partial charge in [-0.05, 0) is 91.0 Å². The van der Waals surface area contributed by atoms with Gasteiger partial charge < -0.3 is 10.6 Å². The van der Waals surface area contributed by atoms with Crippen molar-refractivity contribution in [3.8, 4) is 0 Å². The molecule has 1 aliphatic carbocycles. The van der Waals surface area contributed by atoms with E-state index in [1.807, 2.05) is 55.2 Å². The topological polar surface area (TPSA) is 54.0 Å². The van der Waals surface area contributed by atoms with E-state index in [9.17, 15) is 4.79 Å². The highest BCUT2D eigenvalue weighted by Gasteiger charge is 2.17. The molecule has 1 aliphatic heterocycles. The lowest BCUT2D eigenvalue weighted by Crippen LogP contribution is -2.32. The van der Waals surface area contributed by atoms with Crippen LogP contribution in [0.2, 0.25) is 0 Å². The zero-order valence-corrected chi connectivity index (χ0v) is 20.0. The predicted molar refractivity (Wildman–Crippen MR) is 140 cm³/mol. The summed E-state index contributed by atoms with van der Waals surface area (Å²) < 4.78 is 0. The molecule has 0 unspecified atom stereocenters. The van der Waals surface area contributed by atoms with E-state index in [0.717, 1.165) is 40.2 Å². The molecule has 2 aliphatic rings. The van der Waals surface area contributed by atoms with Crippen LogP contribution >= 0.6 is 11.8 Å². The van der Waals surface area contributed by atoms with Gasteiger partial charge in [0.05, 0.1) is 5.52 Å². The first-order chi connectivity index (χ1) is 16.2. The van der Waals surface area contributed by atoms with Crippen LogP contribution in [0.1, 0.15) is 52.7 Å². The number of allylic oxidation sites excluding steroid dienone is 1. The van der Waals surface area contributed by atoms with Crippen molar-refractivity contribution in [2.75, 3.05) is 16.8 Å². The Morgan fingerprint density at radius 2 is 1.88 bits per heavy atom. The van der Waals surface area contributed by atoms with Crippen LogP contribution in [-0.2, 0) is 6.54 Å². The highest BCUT2D eigenvalue weighted by molar-refractivity contribution is 7.99. The Labute approximate surface area is 200 Å². The largest absolute Gasteiger partial charge is 0.322 e. The fourth-order valence-electron chi connectivity index (χ4n) is 4.27. The minimum atomic E-state index is -0.0957. The summed E-state index contributed by atoms with van der Waals surface area (Å²) in [5.41, 5.74) is 5.74. The molecule has 2 N–H and O–H groups in total. The van der Waals surface area contributed by atoms with Gasteiger partial charge >= 0.3 is 0 Å². The molecular formula is C28H31N3OS. The van der Waals surface area contributed by atoms with Crippen LogP contribution in [0.3, 0.4) is 0 Å². The Bertz CT molecular complexity index is 1160. The lowest BCUT2D eigenvalue weighted by Gasteiger charge is -2.22. The molecule has 2 fully saturated rings. The first-order valence-corrected chi connectivity index (χ1v) is 13.1. The summed E-state index contributed by atoms with van der Waals surface area (Å²) in [4.78, 5) is 17.6. The number of benzene rings is 2. The second-order valence-electron chi connectivity index (χ2n) is 9.19. The molecule has 170 valence electrons. The Morgan fingerprint density at radius 1 is 1.09 bits per heavy atom. The van der Waals surface area contributed by atoms with Crippen LogP contribution in [0.5, 0.6) is 0 Å². The molecule has 2 aromatic carbocycles. The van der Waals surface area contributed by atoms with Crippen molar-refractivity contribution in [1.82, 2.24) is 10.3 Å². The third kappa shape index (κ3) is 5.66. The van der Waals surface area contributed by atoms with Crippen LogP contribution in [0.15, 0.2) is 54.7 Å². The molecule has 33 heavy (non-hydrogen) atoms. The predicted octanol–water partition coefficient (Wildman–Crippen LogP) is 6.20. The number of aromatic nitrogens is 1. The maximum Gasteiger partial charge on any atom is 0.255 e. The maximum atomic E-state index is 12.8. The van der Waals surface area contributed by atoms with Crippen LogP contribution in [-0.4, -0.2) is 28.4 Å². The minimum Gasteiger partial charge on any atom is -0.322 e. The zero-order valence-electron chi connectivity index (χ0n) is 19.1. The van der Waals surface area contributed by atoms with Crippen LogP contribution < -0.4 is 10.6 Å². The van der Waals surface area contributed by atoms with Gasteiger partial charge in [-0.3, -0.25) is 9.78 Å². The van der Waals surface area contributed by atoms with Crippen molar-refractivity contribution in [3.63, 3.8) is 0 Å². The van der Waals surface area contributed by atoms with Crippen molar-refractivity contribution in [2.24, 2.45) is 5.92 Å². The number of carbonyl (C=O) groups excluding carboxylic acids is 1. The third-order valence-corrected chi connectivity index (χ3v) is 7.63. The number of fused-ring (bicyclic) bond motifs is 1. The Morgan fingerprint density at radius 3 is 2.64 bits per heavy atom. The molecule has 3 aromatic rings. The van der Waals surface area contributed by atoms with E-state index in [1.165, 1.54) is 42.8 Å². The van der Waals surface area contributed by atoms with E-state index in [0.29, 0.717) is 11.6 Å². The number of carbonyl (C=O) groups is 1. The molecule has 0 spiro atoms. The average molecular weight is 458 g/mol. The standard InChI is InChI=1S/C28H31N3OS/c1-19-26(31-28(32)23-8-6-21(7-9-23)5-4-20-2-3-20)11-10-24-16-22(18-30-27(19)24)17-29-25-12-14-33-15-13-25/h4-11,16,18,20,25,29H,2-3,12-15,17H2,1H3,(H,31,32)/b5-4+. The van der Waals surface area contributed by atoms with Gasteiger partial charge in [0.25, 0.3) is 5.91 Å². The van der Waals surface area contributed by atoms with E-state index in [-0.39, 0.29) is 5.91 Å². The normalized spacial score (nSPS) is 17.0. The van der Waals surface area contributed by atoms with E-state index in [2.05, 4.69) is 34.9 Å². The van der Waals surface area contributed by atoms with Crippen molar-refractivity contribution in [2.45, 2.75) is 45.2 Å². The summed E-state index contributed by atoms with van der Waals surface area (Å²) in [6.45, 7) is 2.87. The number of hydrogen-bond acceptors (Lipinski definition) is 4. The van der Waals surface area contributed by atoms with Gasteiger partial charge in [-0.1, -0.05) is 30.4 Å². The summed E-state index contributed by atoms with van der Waals surface area (Å²) in [5.74, 6) is 3.16. The summed E-state index contributed by atoms with van der Waals surface area (Å²) in [6.07, 6.45) is 11.5. The fraction of sp³-hybridized carbons (Fsp3) is 0.357. The number of rotatable bonds is 7. The summed E-state index contributed by atoms with van der Waals surface area (Å²) in [5, 5.41) is 7.86. The third-order valence-electron chi connectivity index (χ3n) is 6.58. The molecule has 1 saturated heterocycles. The molecule has 4 nitrogen and oxygen atoms in total. The molecule has 1 aromatic heterocycles. The van der Waals surface area contributed by atoms with Gasteiger partial charge in [0.1, 0.15) is 0 Å². The number of nitrogens with one attached hydrogen (secondary N) is 2. The molecule has 0 radical (unpaired) electrons. The number of aryl methyl sites for hydroxylation is 1.